The molecule has 1 heterocycles. The molecule has 0 saturated carbocycles. The van der Waals surface area contributed by atoms with Gasteiger partial charge in [0.1, 0.15) is 5.75 Å². The summed E-state index contributed by atoms with van der Waals surface area (Å²) < 4.78 is 5.49. The first-order chi connectivity index (χ1) is 11.5. The molecular formula is C18H27N3O3. The third-order valence-electron chi connectivity index (χ3n) is 4.64. The molecule has 24 heavy (non-hydrogen) atoms. The number of hydrogen-bond donors (Lipinski definition) is 2. The van der Waals surface area contributed by atoms with Crippen molar-refractivity contribution in [3.63, 3.8) is 0 Å². The third-order valence-corrected chi connectivity index (χ3v) is 4.64. The van der Waals surface area contributed by atoms with Gasteiger partial charge in [-0.25, -0.2) is 0 Å². The van der Waals surface area contributed by atoms with E-state index < -0.39 is 0 Å². The van der Waals surface area contributed by atoms with Crippen LogP contribution in [0.2, 0.25) is 0 Å². The van der Waals surface area contributed by atoms with Crippen LogP contribution in [0.1, 0.15) is 39.5 Å². The van der Waals surface area contributed by atoms with Crippen molar-refractivity contribution in [1.82, 2.24) is 5.32 Å². The summed E-state index contributed by atoms with van der Waals surface area (Å²) in [5, 5.41) is 2.82. The Labute approximate surface area is 143 Å². The van der Waals surface area contributed by atoms with Gasteiger partial charge in [0, 0.05) is 30.7 Å². The molecule has 1 saturated heterocycles. The molecule has 2 amide bonds. The second-order valence-electron chi connectivity index (χ2n) is 6.28. The largest absolute Gasteiger partial charge is 0.484 e. The molecule has 0 aromatic heterocycles. The van der Waals surface area contributed by atoms with Gasteiger partial charge >= 0.3 is 0 Å². The van der Waals surface area contributed by atoms with Crippen LogP contribution in [0, 0.1) is 0 Å². The van der Waals surface area contributed by atoms with Gasteiger partial charge in [-0.05, 0) is 43.5 Å². The first kappa shape index (κ1) is 18.3. The van der Waals surface area contributed by atoms with Gasteiger partial charge < -0.3 is 20.7 Å². The average Bonchev–Trinajstić information content (AvgIpc) is 3.04. The molecule has 1 fully saturated rings. The number of rotatable bonds is 8. The Morgan fingerprint density at radius 2 is 1.96 bits per heavy atom. The van der Waals surface area contributed by atoms with Gasteiger partial charge in [0.15, 0.2) is 6.61 Å². The predicted octanol–water partition coefficient (Wildman–Crippen LogP) is 1.83. The molecule has 1 aliphatic heterocycles. The fraction of sp³-hybridized carbons (Fsp3) is 0.556. The van der Waals surface area contributed by atoms with Crippen molar-refractivity contribution in [1.29, 1.82) is 0 Å². The van der Waals surface area contributed by atoms with E-state index in [1.54, 1.807) is 17.0 Å². The highest BCUT2D eigenvalue weighted by molar-refractivity contribution is 5.95. The van der Waals surface area contributed by atoms with Crippen LogP contribution < -0.4 is 20.7 Å². The number of anilines is 1. The second kappa shape index (κ2) is 8.15. The zero-order valence-electron chi connectivity index (χ0n) is 14.5. The van der Waals surface area contributed by atoms with E-state index in [9.17, 15) is 9.59 Å². The van der Waals surface area contributed by atoms with Crippen LogP contribution in [0.15, 0.2) is 24.3 Å². The van der Waals surface area contributed by atoms with Crippen LogP contribution in [0.4, 0.5) is 5.69 Å². The Kier molecular flexibility index (Phi) is 6.20. The molecule has 0 aliphatic carbocycles. The average molecular weight is 333 g/mol. The first-order valence-electron chi connectivity index (χ1n) is 8.56. The van der Waals surface area contributed by atoms with Gasteiger partial charge in [0.2, 0.25) is 5.91 Å². The van der Waals surface area contributed by atoms with E-state index in [1.807, 2.05) is 26.0 Å². The summed E-state index contributed by atoms with van der Waals surface area (Å²) in [5.41, 5.74) is 6.66. The lowest BCUT2D eigenvalue weighted by Gasteiger charge is -2.26. The maximum absolute atomic E-state index is 11.9. The minimum atomic E-state index is -0.362. The SMILES string of the molecule is CCC(N)(CC)CNC(=O)COc1ccc(N2CCCC2=O)cc1. The molecule has 1 aromatic carbocycles. The lowest BCUT2D eigenvalue weighted by molar-refractivity contribution is -0.123. The van der Waals surface area contributed by atoms with Crippen molar-refractivity contribution < 1.29 is 14.3 Å². The highest BCUT2D eigenvalue weighted by Crippen LogP contribution is 2.23. The summed E-state index contributed by atoms with van der Waals surface area (Å²) in [4.78, 5) is 25.3. The number of amides is 2. The van der Waals surface area contributed by atoms with E-state index in [2.05, 4.69) is 5.32 Å². The summed E-state index contributed by atoms with van der Waals surface area (Å²) in [6.45, 7) is 5.18. The monoisotopic (exact) mass is 333 g/mol. The highest BCUT2D eigenvalue weighted by Gasteiger charge is 2.22. The number of carbonyl (C=O) groups excluding carboxylic acids is 2. The van der Waals surface area contributed by atoms with E-state index >= 15 is 0 Å². The molecule has 132 valence electrons. The number of carbonyl (C=O) groups is 2. The molecule has 0 unspecified atom stereocenters. The molecule has 0 radical (unpaired) electrons. The van der Waals surface area contributed by atoms with Crippen molar-refractivity contribution in [2.45, 2.75) is 45.1 Å². The van der Waals surface area contributed by atoms with Crippen molar-refractivity contribution in [3.05, 3.63) is 24.3 Å². The molecule has 1 aliphatic rings. The van der Waals surface area contributed by atoms with E-state index in [0.29, 0.717) is 18.7 Å². The predicted molar refractivity (Wildman–Crippen MR) is 94.0 cm³/mol. The zero-order chi connectivity index (χ0) is 17.6. The highest BCUT2D eigenvalue weighted by atomic mass is 16.5. The fourth-order valence-corrected chi connectivity index (χ4v) is 2.62. The van der Waals surface area contributed by atoms with Gasteiger partial charge in [-0.3, -0.25) is 9.59 Å². The Morgan fingerprint density at radius 3 is 2.50 bits per heavy atom. The zero-order valence-corrected chi connectivity index (χ0v) is 14.5. The third kappa shape index (κ3) is 4.71. The summed E-state index contributed by atoms with van der Waals surface area (Å²) >= 11 is 0. The van der Waals surface area contributed by atoms with Crippen LogP contribution in [-0.4, -0.2) is 37.0 Å². The summed E-state index contributed by atoms with van der Waals surface area (Å²) in [5.74, 6) is 0.566. The Morgan fingerprint density at radius 1 is 1.29 bits per heavy atom. The first-order valence-corrected chi connectivity index (χ1v) is 8.56. The minimum Gasteiger partial charge on any atom is -0.484 e. The Bertz CT molecular complexity index is 567. The maximum Gasteiger partial charge on any atom is 0.258 e. The Hall–Kier alpha value is -2.08. The molecule has 6 nitrogen and oxygen atoms in total. The smallest absolute Gasteiger partial charge is 0.258 e. The number of nitrogens with one attached hydrogen (secondary N) is 1. The van der Waals surface area contributed by atoms with Crippen LogP contribution in [0.3, 0.4) is 0 Å². The van der Waals surface area contributed by atoms with Gasteiger partial charge in [-0.1, -0.05) is 13.8 Å². The number of benzene rings is 1. The summed E-state index contributed by atoms with van der Waals surface area (Å²) in [6, 6.07) is 7.24. The lowest BCUT2D eigenvalue weighted by atomic mass is 9.94. The molecule has 1 aromatic rings. The molecule has 0 bridgehead atoms. The van der Waals surface area contributed by atoms with E-state index in [4.69, 9.17) is 10.5 Å². The standard InChI is InChI=1S/C18H27N3O3/c1-3-18(19,4-2)13-20-16(22)12-24-15-9-7-14(8-10-15)21-11-5-6-17(21)23/h7-10H,3-6,11-13,19H2,1-2H3,(H,20,22). The molecule has 3 N–H and O–H groups in total. The van der Waals surface area contributed by atoms with Crippen LogP contribution in [-0.2, 0) is 9.59 Å². The number of hydrogen-bond acceptors (Lipinski definition) is 4. The van der Waals surface area contributed by atoms with E-state index in [0.717, 1.165) is 31.5 Å². The molecule has 0 spiro atoms. The molecular weight excluding hydrogens is 306 g/mol. The van der Waals surface area contributed by atoms with Gasteiger partial charge in [-0.15, -0.1) is 0 Å². The molecule has 2 rings (SSSR count). The topological polar surface area (TPSA) is 84.7 Å². The van der Waals surface area contributed by atoms with Crippen molar-refractivity contribution in [2.24, 2.45) is 5.73 Å². The number of ether oxygens (including phenoxy) is 1. The number of nitrogens with two attached hydrogens (primary N) is 1. The van der Waals surface area contributed by atoms with Gasteiger partial charge in [0.05, 0.1) is 0 Å². The fourth-order valence-electron chi connectivity index (χ4n) is 2.62. The number of nitrogens with zero attached hydrogens (tertiary/aromatic N) is 1. The normalized spacial score (nSPS) is 14.8. The second-order valence-corrected chi connectivity index (χ2v) is 6.28. The van der Waals surface area contributed by atoms with Gasteiger partial charge in [0.25, 0.3) is 5.91 Å². The van der Waals surface area contributed by atoms with E-state index in [1.165, 1.54) is 0 Å². The minimum absolute atomic E-state index is 0.0501. The van der Waals surface area contributed by atoms with Gasteiger partial charge in [-0.2, -0.15) is 0 Å². The Balaban J connectivity index is 1.80. The van der Waals surface area contributed by atoms with Crippen molar-refractivity contribution in [2.75, 3.05) is 24.6 Å². The van der Waals surface area contributed by atoms with Crippen molar-refractivity contribution >= 4 is 17.5 Å². The van der Waals surface area contributed by atoms with Crippen LogP contribution >= 0.6 is 0 Å². The summed E-state index contributed by atoms with van der Waals surface area (Å²) in [7, 11) is 0. The quantitative estimate of drug-likeness (QED) is 0.760. The van der Waals surface area contributed by atoms with Crippen molar-refractivity contribution in [3.8, 4) is 5.75 Å². The molecule has 6 heteroatoms. The van der Waals surface area contributed by atoms with Crippen LogP contribution in [0.25, 0.3) is 0 Å². The lowest BCUT2D eigenvalue weighted by Crippen LogP contribution is -2.50. The maximum atomic E-state index is 11.9. The van der Waals surface area contributed by atoms with Crippen LogP contribution in [0.5, 0.6) is 5.75 Å². The van der Waals surface area contributed by atoms with E-state index in [-0.39, 0.29) is 24.0 Å². The molecule has 0 atom stereocenters. The summed E-state index contributed by atoms with van der Waals surface area (Å²) in [6.07, 6.45) is 3.12.